The molecule has 0 spiro atoms. The van der Waals surface area contributed by atoms with Crippen LogP contribution < -0.4 is 0 Å². The number of Topliss-reactive ketones (excluding diaryl/α,β-unsaturated/α-hetero) is 1. The van der Waals surface area contributed by atoms with E-state index in [1.54, 1.807) is 24.3 Å². The molecule has 0 aliphatic carbocycles. The lowest BCUT2D eigenvalue weighted by molar-refractivity contribution is 0.0400. The molecule has 0 radical (unpaired) electrons. The number of likely N-dealkylation sites (tertiary alicyclic amines) is 1. The molecule has 2 aromatic carbocycles. The Hall–Kier alpha value is -2.66. The Morgan fingerprint density at radius 3 is 2.42 bits per heavy atom. The first-order chi connectivity index (χ1) is 12.4. The van der Waals surface area contributed by atoms with E-state index in [1.165, 1.54) is 11.8 Å². The van der Waals surface area contributed by atoms with E-state index in [0.29, 0.717) is 16.2 Å². The molecule has 26 heavy (non-hydrogen) atoms. The van der Waals surface area contributed by atoms with E-state index in [-0.39, 0.29) is 30.5 Å². The molecule has 3 aromatic rings. The Morgan fingerprint density at radius 2 is 1.81 bits per heavy atom. The number of amides is 1. The lowest BCUT2D eigenvalue weighted by atomic mass is 10.0. The number of carbonyl (C=O) groups excluding carboxylic acids is 2. The van der Waals surface area contributed by atoms with Gasteiger partial charge in [0.05, 0.1) is 18.1 Å². The third-order valence-corrected chi connectivity index (χ3v) is 4.79. The van der Waals surface area contributed by atoms with E-state index in [9.17, 15) is 14.0 Å². The maximum absolute atomic E-state index is 12.9. The molecule has 0 bridgehead atoms. The Kier molecular flexibility index (Phi) is 4.04. The van der Waals surface area contributed by atoms with Gasteiger partial charge in [0.2, 0.25) is 0 Å². The molecule has 1 fully saturated rings. The van der Waals surface area contributed by atoms with E-state index < -0.39 is 6.17 Å². The first-order valence-corrected chi connectivity index (χ1v) is 8.58. The van der Waals surface area contributed by atoms with E-state index in [1.807, 2.05) is 18.2 Å². The number of furan rings is 1. The quantitative estimate of drug-likeness (QED) is 0.624. The van der Waals surface area contributed by atoms with Crippen LogP contribution >= 0.6 is 11.6 Å². The van der Waals surface area contributed by atoms with Crippen molar-refractivity contribution in [1.82, 2.24) is 4.90 Å². The highest BCUT2D eigenvalue weighted by molar-refractivity contribution is 6.35. The van der Waals surface area contributed by atoms with Crippen LogP contribution in [0, 0.1) is 0 Å². The number of fused-ring (bicyclic) bond motifs is 1. The number of alkyl halides is 1. The van der Waals surface area contributed by atoms with Crippen LogP contribution in [0.25, 0.3) is 22.1 Å². The number of benzene rings is 2. The summed E-state index contributed by atoms with van der Waals surface area (Å²) in [6, 6.07) is 12.4. The Labute approximate surface area is 154 Å². The van der Waals surface area contributed by atoms with E-state index >= 15 is 0 Å². The van der Waals surface area contributed by atoms with Crippen LogP contribution in [0.5, 0.6) is 0 Å². The second-order valence-corrected chi connectivity index (χ2v) is 6.84. The Bertz CT molecular complexity index is 1020. The molecule has 1 amide bonds. The molecule has 2 heterocycles. The van der Waals surface area contributed by atoms with E-state index in [0.717, 1.165) is 16.5 Å². The molecule has 0 atom stereocenters. The van der Waals surface area contributed by atoms with Gasteiger partial charge in [0.15, 0.2) is 17.1 Å². The van der Waals surface area contributed by atoms with Gasteiger partial charge >= 0.3 is 0 Å². The summed E-state index contributed by atoms with van der Waals surface area (Å²) < 4.78 is 18.4. The van der Waals surface area contributed by atoms with Crippen molar-refractivity contribution in [1.29, 1.82) is 0 Å². The predicted molar refractivity (Wildman–Crippen MR) is 97.5 cm³/mol. The summed E-state index contributed by atoms with van der Waals surface area (Å²) in [5, 5.41) is 1.16. The second-order valence-electron chi connectivity index (χ2n) is 6.43. The largest absolute Gasteiger partial charge is 0.451 e. The summed E-state index contributed by atoms with van der Waals surface area (Å²) in [5.41, 5.74) is 2.73. The van der Waals surface area contributed by atoms with Crippen molar-refractivity contribution < 1.29 is 18.4 Å². The first kappa shape index (κ1) is 16.8. The predicted octanol–water partition coefficient (Wildman–Crippen LogP) is 4.75. The molecular formula is C20H15ClFNO3. The van der Waals surface area contributed by atoms with Crippen molar-refractivity contribution >= 4 is 34.3 Å². The van der Waals surface area contributed by atoms with Gasteiger partial charge in [0, 0.05) is 17.9 Å². The second kappa shape index (κ2) is 6.25. The standard InChI is InChI=1S/C20H15ClFNO3/c1-11(24)18-8-15-6-14(7-17(21)19(15)26-18)12-2-4-13(5-3-12)20(25)23-9-16(22)10-23/h2-8,16H,9-10H2,1H3. The Balaban J connectivity index is 1.64. The van der Waals surface area contributed by atoms with Crippen LogP contribution in [0.1, 0.15) is 27.8 Å². The molecule has 0 unspecified atom stereocenters. The fourth-order valence-electron chi connectivity index (χ4n) is 3.03. The maximum Gasteiger partial charge on any atom is 0.254 e. The third kappa shape index (κ3) is 2.88. The van der Waals surface area contributed by atoms with Gasteiger partial charge in [-0.15, -0.1) is 0 Å². The van der Waals surface area contributed by atoms with Crippen molar-refractivity contribution in [2.75, 3.05) is 13.1 Å². The fraction of sp³-hybridized carbons (Fsp3) is 0.200. The molecular weight excluding hydrogens is 357 g/mol. The molecule has 0 saturated carbocycles. The Morgan fingerprint density at radius 1 is 1.12 bits per heavy atom. The molecule has 4 rings (SSSR count). The van der Waals surface area contributed by atoms with Crippen LogP contribution in [0.3, 0.4) is 0 Å². The summed E-state index contributed by atoms with van der Waals surface area (Å²) in [7, 11) is 0. The number of nitrogens with zero attached hydrogens (tertiary/aromatic N) is 1. The molecule has 4 nitrogen and oxygen atoms in total. The van der Waals surface area contributed by atoms with E-state index in [2.05, 4.69) is 0 Å². The number of halogens is 2. The molecule has 132 valence electrons. The van der Waals surface area contributed by atoms with Crippen LogP contribution in [-0.4, -0.2) is 35.9 Å². The molecule has 0 N–H and O–H groups in total. The summed E-state index contributed by atoms with van der Waals surface area (Å²) in [6.45, 7) is 1.75. The molecule has 1 saturated heterocycles. The first-order valence-electron chi connectivity index (χ1n) is 8.20. The minimum atomic E-state index is -0.915. The van der Waals surface area contributed by atoms with Gasteiger partial charge in [0.25, 0.3) is 5.91 Å². The van der Waals surface area contributed by atoms with Crippen LogP contribution in [-0.2, 0) is 0 Å². The highest BCUT2D eigenvalue weighted by atomic mass is 35.5. The van der Waals surface area contributed by atoms with Crippen molar-refractivity contribution in [3.63, 3.8) is 0 Å². The van der Waals surface area contributed by atoms with Gasteiger partial charge in [-0.2, -0.15) is 0 Å². The molecule has 1 aromatic heterocycles. The van der Waals surface area contributed by atoms with Crippen molar-refractivity contribution in [3.8, 4) is 11.1 Å². The van der Waals surface area contributed by atoms with Gasteiger partial charge in [0.1, 0.15) is 6.17 Å². The highest BCUT2D eigenvalue weighted by Gasteiger charge is 2.30. The number of hydrogen-bond donors (Lipinski definition) is 0. The number of rotatable bonds is 3. The zero-order chi connectivity index (χ0) is 18.4. The summed E-state index contributed by atoms with van der Waals surface area (Å²) in [6.07, 6.45) is -0.915. The normalized spacial score (nSPS) is 14.5. The molecule has 1 aliphatic rings. The average molecular weight is 372 g/mol. The lowest BCUT2D eigenvalue weighted by Gasteiger charge is -2.34. The van der Waals surface area contributed by atoms with Crippen LogP contribution in [0.15, 0.2) is 46.9 Å². The maximum atomic E-state index is 12.9. The van der Waals surface area contributed by atoms with Crippen molar-refractivity contribution in [2.24, 2.45) is 0 Å². The minimum absolute atomic E-state index is 0.159. The highest BCUT2D eigenvalue weighted by Crippen LogP contribution is 2.33. The van der Waals surface area contributed by atoms with Crippen LogP contribution in [0.4, 0.5) is 4.39 Å². The fourth-order valence-corrected chi connectivity index (χ4v) is 3.29. The smallest absolute Gasteiger partial charge is 0.254 e. The lowest BCUT2D eigenvalue weighted by Crippen LogP contribution is -2.51. The monoisotopic (exact) mass is 371 g/mol. The van der Waals surface area contributed by atoms with Crippen molar-refractivity contribution in [2.45, 2.75) is 13.1 Å². The minimum Gasteiger partial charge on any atom is -0.451 e. The zero-order valence-electron chi connectivity index (χ0n) is 14.0. The molecule has 1 aliphatic heterocycles. The molecule has 6 heteroatoms. The number of ketones is 1. The van der Waals surface area contributed by atoms with Gasteiger partial charge in [-0.05, 0) is 41.5 Å². The average Bonchev–Trinajstić information content (AvgIpc) is 3.04. The van der Waals surface area contributed by atoms with Crippen molar-refractivity contribution in [3.05, 3.63) is 58.8 Å². The van der Waals surface area contributed by atoms with Gasteiger partial charge in [-0.3, -0.25) is 9.59 Å². The number of carbonyl (C=O) groups is 2. The number of hydrogen-bond acceptors (Lipinski definition) is 3. The summed E-state index contributed by atoms with van der Waals surface area (Å²) in [5.74, 6) is -0.0660. The van der Waals surface area contributed by atoms with E-state index in [4.69, 9.17) is 16.0 Å². The SMILES string of the molecule is CC(=O)c1cc2cc(-c3ccc(C(=O)N4CC(F)C4)cc3)cc(Cl)c2o1. The third-order valence-electron chi connectivity index (χ3n) is 4.51. The summed E-state index contributed by atoms with van der Waals surface area (Å²) >= 11 is 6.29. The van der Waals surface area contributed by atoms with Crippen LogP contribution in [0.2, 0.25) is 5.02 Å². The van der Waals surface area contributed by atoms with Gasteiger partial charge in [-0.25, -0.2) is 4.39 Å². The van der Waals surface area contributed by atoms with Gasteiger partial charge in [-0.1, -0.05) is 23.7 Å². The van der Waals surface area contributed by atoms with Gasteiger partial charge < -0.3 is 9.32 Å². The topological polar surface area (TPSA) is 50.5 Å². The summed E-state index contributed by atoms with van der Waals surface area (Å²) in [4.78, 5) is 25.2. The zero-order valence-corrected chi connectivity index (χ0v) is 14.7.